The number of carbonyl (C=O) groups excluding carboxylic acids is 4. The lowest BCUT2D eigenvalue weighted by Gasteiger charge is -2.32. The zero-order valence-corrected chi connectivity index (χ0v) is 26.6. The summed E-state index contributed by atoms with van der Waals surface area (Å²) in [6.07, 6.45) is 2.53. The van der Waals surface area contributed by atoms with E-state index in [4.69, 9.17) is 9.47 Å². The Labute approximate surface area is 250 Å². The summed E-state index contributed by atoms with van der Waals surface area (Å²) < 4.78 is 13.1. The predicted molar refractivity (Wildman–Crippen MR) is 161 cm³/mol. The Morgan fingerprint density at radius 3 is 1.88 bits per heavy atom. The molecule has 0 saturated heterocycles. The Hall–Kier alpha value is -3.53. The first-order valence-electron chi connectivity index (χ1n) is 14.6. The average Bonchev–Trinajstić information content (AvgIpc) is 3.42. The largest absolute Gasteiger partial charge is 0.453 e. The van der Waals surface area contributed by atoms with Crippen LogP contribution in [0, 0.1) is 11.8 Å². The van der Waals surface area contributed by atoms with Gasteiger partial charge in [-0.1, -0.05) is 52.0 Å². The van der Waals surface area contributed by atoms with Gasteiger partial charge in [-0.2, -0.15) is 5.10 Å². The summed E-state index contributed by atoms with van der Waals surface area (Å²) in [5.41, 5.74) is 1.83. The van der Waals surface area contributed by atoms with Crippen molar-refractivity contribution >= 4 is 23.6 Å². The minimum Gasteiger partial charge on any atom is -0.453 e. The highest BCUT2D eigenvalue weighted by Gasteiger charge is 2.37. The molecule has 1 aromatic heterocycles. The fraction of sp³-hybridized carbons (Fsp3) is 0.594. The molecule has 0 bridgehead atoms. The smallest absolute Gasteiger partial charge is 0.329 e. The lowest BCUT2D eigenvalue weighted by Crippen LogP contribution is -2.51. The van der Waals surface area contributed by atoms with Gasteiger partial charge in [0.2, 0.25) is 0 Å². The molecule has 4 atom stereocenters. The molecule has 0 aliphatic carbocycles. The number of Topliss-reactive ketones (excluding diaryl/α,β-unsaturated/α-hetero) is 1. The van der Waals surface area contributed by atoms with Gasteiger partial charge >= 0.3 is 11.9 Å². The van der Waals surface area contributed by atoms with Crippen LogP contribution in [0.2, 0.25) is 0 Å². The summed E-state index contributed by atoms with van der Waals surface area (Å²) in [6, 6.07) is 8.09. The van der Waals surface area contributed by atoms with Gasteiger partial charge in [0, 0.05) is 25.9 Å². The molecule has 1 amide bonds. The molecule has 1 aromatic carbocycles. The Kier molecular flexibility index (Phi) is 13.4. The number of ether oxygens (including phenoxy) is 2. The van der Waals surface area contributed by atoms with Crippen molar-refractivity contribution in [2.24, 2.45) is 11.8 Å². The van der Waals surface area contributed by atoms with Crippen molar-refractivity contribution in [2.75, 3.05) is 21.1 Å². The highest BCUT2D eigenvalue weighted by atomic mass is 16.6. The van der Waals surface area contributed by atoms with Crippen LogP contribution in [-0.4, -0.2) is 88.6 Å². The van der Waals surface area contributed by atoms with E-state index in [1.54, 1.807) is 25.2 Å². The van der Waals surface area contributed by atoms with Crippen molar-refractivity contribution in [3.63, 3.8) is 0 Å². The molecule has 0 spiro atoms. The number of hydrogen-bond donors (Lipinski definition) is 0. The van der Waals surface area contributed by atoms with Crippen molar-refractivity contribution in [3.05, 3.63) is 53.9 Å². The van der Waals surface area contributed by atoms with Crippen molar-refractivity contribution < 1.29 is 28.7 Å². The first-order valence-corrected chi connectivity index (χ1v) is 14.6. The van der Waals surface area contributed by atoms with Crippen molar-refractivity contribution in [3.8, 4) is 0 Å². The molecule has 10 heteroatoms. The fourth-order valence-corrected chi connectivity index (χ4v) is 4.51. The SMILES string of the molecule is CC(=O)[C@@H](C)OC(=O)[C@H](CC(C)C)N(C)C(=O)[C@@H](Cc1ccc(Cn2cccn2)cc1)OC(=O)[C@H](CC(C)C)N(C)C. The average molecular weight is 585 g/mol. The molecular weight excluding hydrogens is 536 g/mol. The number of benzene rings is 1. The number of rotatable bonds is 16. The molecule has 0 aliphatic heterocycles. The van der Waals surface area contributed by atoms with Gasteiger partial charge in [-0.25, -0.2) is 4.79 Å². The van der Waals surface area contributed by atoms with Crippen LogP contribution in [-0.2, 0) is 41.6 Å². The molecule has 0 radical (unpaired) electrons. The van der Waals surface area contributed by atoms with E-state index in [0.717, 1.165) is 11.1 Å². The Morgan fingerprint density at radius 1 is 0.833 bits per heavy atom. The van der Waals surface area contributed by atoms with Crippen LogP contribution in [0.3, 0.4) is 0 Å². The third kappa shape index (κ3) is 10.7. The van der Waals surface area contributed by atoms with E-state index in [0.29, 0.717) is 19.4 Å². The Balaban J connectivity index is 2.36. The highest BCUT2D eigenvalue weighted by Crippen LogP contribution is 2.20. The summed E-state index contributed by atoms with van der Waals surface area (Å²) in [7, 11) is 5.13. The molecule has 2 rings (SSSR count). The number of likely N-dealkylation sites (N-methyl/N-ethyl adjacent to an activating group) is 2. The van der Waals surface area contributed by atoms with Crippen LogP contribution in [0.15, 0.2) is 42.7 Å². The lowest BCUT2D eigenvalue weighted by atomic mass is 10.00. The van der Waals surface area contributed by atoms with Gasteiger partial charge in [0.05, 0.1) is 6.54 Å². The first kappa shape index (κ1) is 34.7. The number of esters is 2. The summed E-state index contributed by atoms with van der Waals surface area (Å²) in [5, 5.41) is 4.24. The maximum Gasteiger partial charge on any atom is 0.329 e. The van der Waals surface area contributed by atoms with E-state index in [-0.39, 0.29) is 24.0 Å². The van der Waals surface area contributed by atoms with E-state index < -0.39 is 42.1 Å². The minimum atomic E-state index is -1.17. The molecule has 232 valence electrons. The van der Waals surface area contributed by atoms with Crippen molar-refractivity contribution in [1.29, 1.82) is 0 Å². The monoisotopic (exact) mass is 584 g/mol. The van der Waals surface area contributed by atoms with E-state index in [2.05, 4.69) is 5.10 Å². The molecule has 2 aromatic rings. The third-order valence-corrected chi connectivity index (χ3v) is 7.12. The van der Waals surface area contributed by atoms with Crippen LogP contribution < -0.4 is 0 Å². The van der Waals surface area contributed by atoms with E-state index >= 15 is 0 Å². The standard InChI is InChI=1S/C32H48N4O6/c1-21(2)17-27(34(7)8)31(39)42-29(19-25-11-13-26(14-12-25)20-36-16-10-15-33-36)30(38)35(9)28(18-22(3)4)32(40)41-24(6)23(5)37/h10-16,21-22,24,27-29H,17-20H2,1-9H3/t24-,27+,28+,29-/m1/s1. The maximum atomic E-state index is 14.0. The van der Waals surface area contributed by atoms with Gasteiger partial charge < -0.3 is 14.4 Å². The zero-order chi connectivity index (χ0) is 31.6. The zero-order valence-electron chi connectivity index (χ0n) is 26.6. The maximum absolute atomic E-state index is 14.0. The van der Waals surface area contributed by atoms with Crippen LogP contribution >= 0.6 is 0 Å². The van der Waals surface area contributed by atoms with Crippen LogP contribution in [0.25, 0.3) is 0 Å². The van der Waals surface area contributed by atoms with E-state index in [1.807, 2.05) is 68.9 Å². The summed E-state index contributed by atoms with van der Waals surface area (Å²) in [5.74, 6) is -1.67. The summed E-state index contributed by atoms with van der Waals surface area (Å²) in [4.78, 5) is 55.4. The molecule has 0 N–H and O–H groups in total. The van der Waals surface area contributed by atoms with Gasteiger partial charge in [0.15, 0.2) is 18.0 Å². The fourth-order valence-electron chi connectivity index (χ4n) is 4.51. The van der Waals surface area contributed by atoms with Gasteiger partial charge in [-0.05, 0) is 69.8 Å². The normalized spacial score (nSPS) is 14.4. The van der Waals surface area contributed by atoms with E-state index in [9.17, 15) is 19.2 Å². The molecule has 0 saturated carbocycles. The third-order valence-electron chi connectivity index (χ3n) is 7.12. The number of amides is 1. The minimum absolute atomic E-state index is 0.0536. The second-order valence-corrected chi connectivity index (χ2v) is 12.0. The predicted octanol–water partition coefficient (Wildman–Crippen LogP) is 3.76. The highest BCUT2D eigenvalue weighted by molar-refractivity contribution is 5.90. The van der Waals surface area contributed by atoms with Gasteiger partial charge in [-0.3, -0.25) is 24.0 Å². The first-order chi connectivity index (χ1) is 19.7. The quantitative estimate of drug-likeness (QED) is 0.274. The summed E-state index contributed by atoms with van der Waals surface area (Å²) >= 11 is 0. The topological polar surface area (TPSA) is 111 Å². The van der Waals surface area contributed by atoms with Crippen molar-refractivity contribution in [1.82, 2.24) is 19.6 Å². The number of ketones is 1. The second kappa shape index (κ2) is 16.2. The summed E-state index contributed by atoms with van der Waals surface area (Å²) in [6.45, 7) is 11.4. The molecule has 42 heavy (non-hydrogen) atoms. The lowest BCUT2D eigenvalue weighted by molar-refractivity contribution is -0.169. The van der Waals surface area contributed by atoms with Gasteiger partial charge in [0.25, 0.3) is 5.91 Å². The van der Waals surface area contributed by atoms with Crippen molar-refractivity contribution in [2.45, 2.75) is 91.6 Å². The number of hydrogen-bond acceptors (Lipinski definition) is 8. The number of carbonyl (C=O) groups is 4. The number of nitrogens with zero attached hydrogens (tertiary/aromatic N) is 4. The molecule has 1 heterocycles. The Bertz CT molecular complexity index is 1160. The van der Waals surface area contributed by atoms with E-state index in [1.165, 1.54) is 25.8 Å². The van der Waals surface area contributed by atoms with Crippen LogP contribution in [0.4, 0.5) is 0 Å². The molecular formula is C32H48N4O6. The molecule has 0 unspecified atom stereocenters. The molecule has 0 fully saturated rings. The van der Waals surface area contributed by atoms with Crippen LogP contribution in [0.1, 0.15) is 65.5 Å². The second-order valence-electron chi connectivity index (χ2n) is 12.0. The number of aromatic nitrogens is 2. The van der Waals surface area contributed by atoms with Crippen LogP contribution in [0.5, 0.6) is 0 Å². The molecule has 10 nitrogen and oxygen atoms in total. The van der Waals surface area contributed by atoms with Gasteiger partial charge in [0.1, 0.15) is 12.1 Å². The molecule has 0 aliphatic rings. The Morgan fingerprint density at radius 2 is 1.38 bits per heavy atom. The van der Waals surface area contributed by atoms with Gasteiger partial charge in [-0.15, -0.1) is 0 Å².